The van der Waals surface area contributed by atoms with E-state index >= 15 is 0 Å². The highest BCUT2D eigenvalue weighted by atomic mass is 79.9. The Hall–Kier alpha value is -1.70. The zero-order chi connectivity index (χ0) is 17.1. The van der Waals surface area contributed by atoms with Crippen molar-refractivity contribution in [2.75, 3.05) is 28.4 Å². The van der Waals surface area contributed by atoms with Gasteiger partial charge in [0.1, 0.15) is 0 Å². The number of ether oxygens (including phenoxy) is 5. The van der Waals surface area contributed by atoms with Crippen LogP contribution < -0.4 is 14.2 Å². The number of hydrogen-bond donors (Lipinski definition) is 1. The molecule has 0 aromatic heterocycles. The Bertz CT molecular complexity index is 712. The van der Waals surface area contributed by atoms with Crippen molar-refractivity contribution in [3.05, 3.63) is 22.2 Å². The first-order valence-corrected chi connectivity index (χ1v) is 7.57. The summed E-state index contributed by atoms with van der Waals surface area (Å²) in [5.74, 6) is 0.791. The third-order valence-corrected chi connectivity index (χ3v) is 4.37. The SMILES string of the molecule is COc1c(OC)c(O)c2c(C)c(Br)ccc2c1OC(OC)OC. The zero-order valence-corrected chi connectivity index (χ0v) is 15.2. The summed E-state index contributed by atoms with van der Waals surface area (Å²) in [6.45, 7) is 0.955. The predicted octanol–water partition coefficient (Wildman–Crippen LogP) is 3.59. The fourth-order valence-corrected chi connectivity index (χ4v) is 2.74. The fraction of sp³-hybridized carbons (Fsp3) is 0.375. The van der Waals surface area contributed by atoms with Crippen molar-refractivity contribution in [1.29, 1.82) is 0 Å². The van der Waals surface area contributed by atoms with Gasteiger partial charge in [0.05, 0.1) is 14.2 Å². The molecule has 2 aromatic carbocycles. The highest BCUT2D eigenvalue weighted by Crippen LogP contribution is 2.52. The third-order valence-electron chi connectivity index (χ3n) is 3.52. The molecule has 0 heterocycles. The van der Waals surface area contributed by atoms with Gasteiger partial charge in [0.15, 0.2) is 11.5 Å². The summed E-state index contributed by atoms with van der Waals surface area (Å²) < 4.78 is 27.5. The minimum Gasteiger partial charge on any atom is -0.504 e. The lowest BCUT2D eigenvalue weighted by Crippen LogP contribution is -2.21. The number of aryl methyl sites for hydroxylation is 1. The third kappa shape index (κ3) is 3.04. The first-order valence-electron chi connectivity index (χ1n) is 6.78. The number of phenolic OH excluding ortho intramolecular Hbond substituents is 1. The molecule has 1 N–H and O–H groups in total. The average Bonchev–Trinajstić information content (AvgIpc) is 2.56. The topological polar surface area (TPSA) is 66.4 Å². The normalized spacial score (nSPS) is 11.1. The second-order valence-electron chi connectivity index (χ2n) is 4.72. The molecule has 0 aliphatic heterocycles. The van der Waals surface area contributed by atoms with Crippen LogP contribution in [0.2, 0.25) is 0 Å². The van der Waals surface area contributed by atoms with Crippen molar-refractivity contribution in [3.63, 3.8) is 0 Å². The van der Waals surface area contributed by atoms with Gasteiger partial charge in [-0.3, -0.25) is 0 Å². The van der Waals surface area contributed by atoms with E-state index in [0.29, 0.717) is 16.5 Å². The van der Waals surface area contributed by atoms with E-state index in [1.165, 1.54) is 28.4 Å². The number of phenols is 1. The Morgan fingerprint density at radius 2 is 1.57 bits per heavy atom. The van der Waals surface area contributed by atoms with Crippen LogP contribution in [0.5, 0.6) is 23.0 Å². The van der Waals surface area contributed by atoms with E-state index in [-0.39, 0.29) is 17.2 Å². The molecule has 0 radical (unpaired) electrons. The molecule has 0 bridgehead atoms. The maximum absolute atomic E-state index is 10.6. The summed E-state index contributed by atoms with van der Waals surface area (Å²) in [7, 11) is 5.84. The summed E-state index contributed by atoms with van der Waals surface area (Å²) in [4.78, 5) is 0. The van der Waals surface area contributed by atoms with E-state index in [1.54, 1.807) is 0 Å². The molecule has 0 fully saturated rings. The standard InChI is InChI=1S/C16H19BrO6/c1-8-10(17)7-6-9-11(8)12(18)14(19-2)15(20-3)13(9)23-16(21-4)22-5/h6-7,16,18H,1-5H3. The van der Waals surface area contributed by atoms with Crippen LogP contribution in [0.15, 0.2) is 16.6 Å². The monoisotopic (exact) mass is 386 g/mol. The molecular weight excluding hydrogens is 368 g/mol. The van der Waals surface area contributed by atoms with E-state index in [1.807, 2.05) is 19.1 Å². The smallest absolute Gasteiger partial charge is 0.315 e. The summed E-state index contributed by atoms with van der Waals surface area (Å²) in [5, 5.41) is 11.8. The van der Waals surface area contributed by atoms with Crippen LogP contribution in [-0.4, -0.2) is 40.0 Å². The molecule has 2 rings (SSSR count). The van der Waals surface area contributed by atoms with Crippen LogP contribution in [-0.2, 0) is 9.47 Å². The molecular formula is C16H19BrO6. The Kier molecular flexibility index (Phi) is 5.56. The molecule has 0 spiro atoms. The van der Waals surface area contributed by atoms with Gasteiger partial charge in [-0.15, -0.1) is 0 Å². The van der Waals surface area contributed by atoms with Gasteiger partial charge in [0, 0.05) is 29.5 Å². The van der Waals surface area contributed by atoms with Crippen LogP contribution in [0.4, 0.5) is 0 Å². The van der Waals surface area contributed by atoms with E-state index in [4.69, 9.17) is 23.7 Å². The Morgan fingerprint density at radius 3 is 2.09 bits per heavy atom. The highest BCUT2D eigenvalue weighted by Gasteiger charge is 2.26. The highest BCUT2D eigenvalue weighted by molar-refractivity contribution is 9.10. The van der Waals surface area contributed by atoms with Gasteiger partial charge in [0.25, 0.3) is 0 Å². The predicted molar refractivity (Wildman–Crippen MR) is 89.6 cm³/mol. The van der Waals surface area contributed by atoms with Gasteiger partial charge in [0.2, 0.25) is 11.5 Å². The first-order chi connectivity index (χ1) is 11.0. The van der Waals surface area contributed by atoms with Crippen molar-refractivity contribution >= 4 is 26.7 Å². The van der Waals surface area contributed by atoms with Gasteiger partial charge in [-0.05, 0) is 24.6 Å². The average molecular weight is 387 g/mol. The largest absolute Gasteiger partial charge is 0.504 e. The van der Waals surface area contributed by atoms with Gasteiger partial charge in [-0.25, -0.2) is 0 Å². The number of fused-ring (bicyclic) bond motifs is 1. The number of rotatable bonds is 6. The molecule has 0 saturated carbocycles. The Balaban J connectivity index is 2.86. The van der Waals surface area contributed by atoms with Crippen LogP contribution in [0.1, 0.15) is 5.56 Å². The number of hydrogen-bond acceptors (Lipinski definition) is 6. The summed E-state index contributed by atoms with van der Waals surface area (Å²) >= 11 is 3.46. The molecule has 0 unspecified atom stereocenters. The number of methoxy groups -OCH3 is 4. The van der Waals surface area contributed by atoms with Crippen molar-refractivity contribution in [3.8, 4) is 23.0 Å². The lowest BCUT2D eigenvalue weighted by atomic mass is 10.0. The maximum Gasteiger partial charge on any atom is 0.315 e. The quantitative estimate of drug-likeness (QED) is 0.765. The van der Waals surface area contributed by atoms with Crippen LogP contribution in [0, 0.1) is 6.92 Å². The van der Waals surface area contributed by atoms with Crippen LogP contribution in [0.3, 0.4) is 0 Å². The lowest BCUT2D eigenvalue weighted by Gasteiger charge is -2.22. The van der Waals surface area contributed by atoms with Crippen molar-refractivity contribution < 1.29 is 28.8 Å². The van der Waals surface area contributed by atoms with E-state index in [0.717, 1.165) is 10.0 Å². The van der Waals surface area contributed by atoms with E-state index in [9.17, 15) is 5.11 Å². The molecule has 0 saturated heterocycles. The minimum absolute atomic E-state index is 0.0168. The van der Waals surface area contributed by atoms with Gasteiger partial charge in [-0.1, -0.05) is 15.9 Å². The fourth-order valence-electron chi connectivity index (χ4n) is 2.41. The molecule has 6 nitrogen and oxygen atoms in total. The van der Waals surface area contributed by atoms with E-state index < -0.39 is 6.48 Å². The number of halogens is 1. The molecule has 0 atom stereocenters. The molecule has 2 aromatic rings. The van der Waals surface area contributed by atoms with Gasteiger partial charge < -0.3 is 28.8 Å². The molecule has 23 heavy (non-hydrogen) atoms. The maximum atomic E-state index is 10.6. The lowest BCUT2D eigenvalue weighted by molar-refractivity contribution is -0.218. The van der Waals surface area contributed by atoms with Crippen molar-refractivity contribution in [1.82, 2.24) is 0 Å². The van der Waals surface area contributed by atoms with Crippen LogP contribution >= 0.6 is 15.9 Å². The first kappa shape index (κ1) is 17.7. The minimum atomic E-state index is -0.926. The van der Waals surface area contributed by atoms with Crippen molar-refractivity contribution in [2.45, 2.75) is 13.4 Å². The molecule has 0 amide bonds. The second-order valence-corrected chi connectivity index (χ2v) is 5.57. The zero-order valence-electron chi connectivity index (χ0n) is 13.6. The summed E-state index contributed by atoms with van der Waals surface area (Å²) in [6, 6.07) is 3.68. The van der Waals surface area contributed by atoms with E-state index in [2.05, 4.69) is 15.9 Å². The van der Waals surface area contributed by atoms with Gasteiger partial charge >= 0.3 is 6.48 Å². The summed E-state index contributed by atoms with van der Waals surface area (Å²) in [6.07, 6.45) is 0. The second kappa shape index (κ2) is 7.25. The number of benzene rings is 2. The molecule has 126 valence electrons. The Labute approximate surface area is 143 Å². The van der Waals surface area contributed by atoms with Crippen LogP contribution in [0.25, 0.3) is 10.8 Å². The molecule has 7 heteroatoms. The summed E-state index contributed by atoms with van der Waals surface area (Å²) in [5.41, 5.74) is 0.845. The molecule has 0 aliphatic rings. The Morgan fingerprint density at radius 1 is 0.957 bits per heavy atom. The van der Waals surface area contributed by atoms with Gasteiger partial charge in [-0.2, -0.15) is 0 Å². The molecule has 0 aliphatic carbocycles. The van der Waals surface area contributed by atoms with Crippen molar-refractivity contribution in [2.24, 2.45) is 0 Å². The number of aromatic hydroxyl groups is 1.